The number of halogens is 2. The maximum absolute atomic E-state index is 14.0. The van der Waals surface area contributed by atoms with Crippen LogP contribution in [0.5, 0.6) is 5.75 Å². The van der Waals surface area contributed by atoms with E-state index in [1.165, 1.54) is 10.4 Å². The summed E-state index contributed by atoms with van der Waals surface area (Å²) in [5.41, 5.74) is 1.25. The van der Waals surface area contributed by atoms with Crippen LogP contribution in [0.25, 0.3) is 5.65 Å². The molecule has 3 heterocycles. The molecule has 13 heteroatoms. The molecular weight excluding hydrogens is 819 g/mol. The molecular formula is C50H66F2N4O6Si. The number of aromatic nitrogens is 3. The number of hydrogen-bond donors (Lipinski definition) is 2. The van der Waals surface area contributed by atoms with Gasteiger partial charge in [0.1, 0.15) is 11.6 Å². The van der Waals surface area contributed by atoms with E-state index in [0.717, 1.165) is 25.3 Å². The van der Waals surface area contributed by atoms with Gasteiger partial charge in [0.2, 0.25) is 0 Å². The van der Waals surface area contributed by atoms with Crippen LogP contribution in [0, 0.1) is 18.6 Å². The van der Waals surface area contributed by atoms with E-state index in [-0.39, 0.29) is 28.7 Å². The van der Waals surface area contributed by atoms with E-state index < -0.39 is 43.4 Å². The molecule has 2 N–H and O–H groups in total. The molecule has 340 valence electrons. The highest BCUT2D eigenvalue weighted by atomic mass is 28.4. The molecule has 0 bridgehead atoms. The molecule has 6 rings (SSSR count). The second kappa shape index (κ2) is 19.6. The van der Waals surface area contributed by atoms with E-state index in [0.29, 0.717) is 79.9 Å². The van der Waals surface area contributed by atoms with Crippen LogP contribution in [-0.4, -0.2) is 76.1 Å². The lowest BCUT2D eigenvalue weighted by Gasteiger charge is -2.44. The quantitative estimate of drug-likeness (QED) is 0.0655. The molecule has 3 aromatic carbocycles. The van der Waals surface area contributed by atoms with E-state index in [9.17, 15) is 23.8 Å². The summed E-state index contributed by atoms with van der Waals surface area (Å²) >= 11 is 0. The number of fused-ring (bicyclic) bond motifs is 1. The minimum Gasteiger partial charge on any atom is -0.505 e. The van der Waals surface area contributed by atoms with Crippen molar-refractivity contribution in [2.24, 2.45) is 0 Å². The maximum atomic E-state index is 14.0. The van der Waals surface area contributed by atoms with E-state index in [2.05, 4.69) is 100 Å². The molecule has 0 aliphatic carbocycles. The Labute approximate surface area is 372 Å². The van der Waals surface area contributed by atoms with Gasteiger partial charge in [0.15, 0.2) is 23.3 Å². The van der Waals surface area contributed by atoms with Gasteiger partial charge in [0.05, 0.1) is 22.5 Å². The number of anilines is 1. The number of hydrogen-bond acceptors (Lipinski definition) is 8. The zero-order chi connectivity index (χ0) is 45.7. The molecule has 2 atom stereocenters. The topological polar surface area (TPSA) is 119 Å². The van der Waals surface area contributed by atoms with E-state index in [4.69, 9.17) is 24.0 Å². The number of benzene rings is 3. The summed E-state index contributed by atoms with van der Waals surface area (Å²) in [4.78, 5) is 19.9. The number of aromatic hydroxyl groups is 1. The van der Waals surface area contributed by atoms with Crippen molar-refractivity contribution in [3.8, 4) is 5.75 Å². The van der Waals surface area contributed by atoms with Crippen LogP contribution in [0.1, 0.15) is 123 Å². The van der Waals surface area contributed by atoms with Crippen molar-refractivity contribution in [1.29, 1.82) is 0 Å². The number of carboxylic acid groups (broad SMARTS) is 1. The van der Waals surface area contributed by atoms with Crippen molar-refractivity contribution in [2.75, 3.05) is 24.6 Å². The van der Waals surface area contributed by atoms with Gasteiger partial charge < -0.3 is 29.0 Å². The molecule has 0 amide bonds. The van der Waals surface area contributed by atoms with Gasteiger partial charge in [-0.25, -0.2) is 18.6 Å². The molecule has 5 aromatic rings. The normalized spacial score (nSPS) is 15.8. The molecule has 1 aliphatic heterocycles. The average Bonchev–Trinajstić information content (AvgIpc) is 3.62. The number of aliphatic carboxylic acids is 1. The smallest absolute Gasteiger partial charge is 0.337 e. The Morgan fingerprint density at radius 1 is 0.905 bits per heavy atom. The van der Waals surface area contributed by atoms with Crippen molar-refractivity contribution in [2.45, 2.75) is 142 Å². The predicted octanol–water partition coefficient (Wildman–Crippen LogP) is 9.65. The Kier molecular flexibility index (Phi) is 14.9. The summed E-state index contributed by atoms with van der Waals surface area (Å²) in [5, 5.41) is 28.1. The maximum Gasteiger partial charge on any atom is 0.337 e. The molecule has 0 spiro atoms. The van der Waals surface area contributed by atoms with Crippen molar-refractivity contribution >= 4 is 36.1 Å². The first-order valence-corrected chi connectivity index (χ1v) is 24.3. The Morgan fingerprint density at radius 2 is 1.52 bits per heavy atom. The lowest BCUT2D eigenvalue weighted by Crippen LogP contribution is -2.67. The molecule has 2 aromatic heterocycles. The largest absolute Gasteiger partial charge is 0.505 e. The number of aryl methyl sites for hydroxylation is 3. The van der Waals surface area contributed by atoms with Gasteiger partial charge in [-0.2, -0.15) is 9.61 Å². The van der Waals surface area contributed by atoms with Crippen molar-refractivity contribution in [3.63, 3.8) is 0 Å². The van der Waals surface area contributed by atoms with Gasteiger partial charge >= 0.3 is 5.97 Å². The van der Waals surface area contributed by atoms with Crippen LogP contribution in [0.3, 0.4) is 0 Å². The Hall–Kier alpha value is -4.69. The number of nitrogens with zero attached hydrogens (tertiary/aromatic N) is 4. The number of phenolic OH excluding ortho intramolecular Hbond substituents is 1. The molecule has 0 saturated carbocycles. The fourth-order valence-electron chi connectivity index (χ4n) is 8.99. The first-order chi connectivity index (χ1) is 29.7. The van der Waals surface area contributed by atoms with E-state index in [1.807, 2.05) is 26.8 Å². The first-order valence-electron chi connectivity index (χ1n) is 22.4. The second-order valence-corrected chi connectivity index (χ2v) is 23.7. The molecule has 0 radical (unpaired) electrons. The minimum absolute atomic E-state index is 0.0519. The monoisotopic (exact) mass is 884 g/mol. The zero-order valence-electron chi connectivity index (χ0n) is 38.5. The van der Waals surface area contributed by atoms with Crippen LogP contribution >= 0.6 is 0 Å². The molecule has 1 aliphatic rings. The van der Waals surface area contributed by atoms with Crippen LogP contribution in [0.2, 0.25) is 5.04 Å². The first kappa shape index (κ1) is 47.8. The summed E-state index contributed by atoms with van der Waals surface area (Å²) in [6, 6.07) is 25.1. The number of carboxylic acids is 1. The fourth-order valence-corrected chi connectivity index (χ4v) is 13.7. The average molecular weight is 885 g/mol. The minimum atomic E-state index is -2.65. The Balaban J connectivity index is 1.13. The van der Waals surface area contributed by atoms with E-state index in [1.54, 1.807) is 11.4 Å². The number of ether oxygens (including phenoxy) is 2. The highest BCUT2D eigenvalue weighted by Crippen LogP contribution is 2.40. The summed E-state index contributed by atoms with van der Waals surface area (Å²) in [5.74, 6) is -2.81. The van der Waals surface area contributed by atoms with Gasteiger partial charge in [-0.15, -0.1) is 0 Å². The fraction of sp³-hybridized carbons (Fsp3) is 0.500. The Bertz CT molecular complexity index is 2280. The van der Waals surface area contributed by atoms with Crippen LogP contribution in [0.15, 0.2) is 78.9 Å². The second-order valence-electron chi connectivity index (χ2n) is 19.4. The predicted molar refractivity (Wildman–Crippen MR) is 247 cm³/mol. The van der Waals surface area contributed by atoms with E-state index >= 15 is 0 Å². The number of unbranched alkanes of at least 4 members (excludes halogenated alkanes) is 1. The number of phenols is 1. The molecule has 63 heavy (non-hydrogen) atoms. The van der Waals surface area contributed by atoms with Gasteiger partial charge in [-0.1, -0.05) is 81.4 Å². The molecule has 10 nitrogen and oxygen atoms in total. The number of rotatable bonds is 18. The SMILES string of the molecule is Cc1nc2cc(CCCc3cc(F)cc(F)c3O)nn2c(N2CCC(C)(OCCCCC(C)O[Si](c3ccccc3)(c3ccccc3)C(C)(C)C)CC2)c1C(OC(C)(C)C)C(=O)O. The third-order valence-electron chi connectivity index (χ3n) is 12.2. The molecule has 2 unspecified atom stereocenters. The van der Waals surface area contributed by atoms with Crippen molar-refractivity contribution in [1.82, 2.24) is 14.6 Å². The standard InChI is InChI=1S/C50H66F2N4O6Si/c1-34(62-63(49(6,7)8,39-22-12-10-13-23-39)40-24-14-11-15-25-40)19-16-17-30-60-50(9)26-28-55(29-27-50)46-43(45(47(58)59)61-48(3,4)5)35(2)53-42-33-38(54-56(42)46)21-18-20-36-31-37(51)32-41(52)44(36)57/h10-15,22-25,31-34,45,57H,16-21,26-30H2,1-9H3,(H,58,59). The highest BCUT2D eigenvalue weighted by Gasteiger charge is 2.51. The lowest BCUT2D eigenvalue weighted by atomic mass is 9.92. The number of piperidine rings is 1. The van der Waals surface area contributed by atoms with Gasteiger partial charge in [-0.3, -0.25) is 0 Å². The Morgan fingerprint density at radius 3 is 2.10 bits per heavy atom. The summed E-state index contributed by atoms with van der Waals surface area (Å²) in [6.07, 6.45) is 4.08. The number of carbonyl (C=O) groups is 1. The third-order valence-corrected chi connectivity index (χ3v) is 17.3. The van der Waals surface area contributed by atoms with Crippen LogP contribution < -0.4 is 15.3 Å². The molecule has 1 fully saturated rings. The van der Waals surface area contributed by atoms with Crippen LogP contribution in [0.4, 0.5) is 14.6 Å². The zero-order valence-corrected chi connectivity index (χ0v) is 39.5. The summed E-state index contributed by atoms with van der Waals surface area (Å²) in [6.45, 7) is 20.3. The van der Waals surface area contributed by atoms with Crippen LogP contribution in [-0.2, 0) is 31.5 Å². The lowest BCUT2D eigenvalue weighted by molar-refractivity contribution is -0.160. The van der Waals surface area contributed by atoms with Crippen molar-refractivity contribution in [3.05, 3.63) is 113 Å². The summed E-state index contributed by atoms with van der Waals surface area (Å²) in [7, 11) is -2.65. The summed E-state index contributed by atoms with van der Waals surface area (Å²) < 4.78 is 49.8. The highest BCUT2D eigenvalue weighted by molar-refractivity contribution is 6.99. The third kappa shape index (κ3) is 11.2. The molecule has 1 saturated heterocycles. The van der Waals surface area contributed by atoms with Gasteiger partial charge in [-0.05, 0) is 120 Å². The van der Waals surface area contributed by atoms with Crippen molar-refractivity contribution < 1.29 is 37.7 Å². The van der Waals surface area contributed by atoms with Gasteiger partial charge in [0, 0.05) is 43.6 Å². The van der Waals surface area contributed by atoms with Gasteiger partial charge in [0.25, 0.3) is 8.32 Å².